The number of nitrogens with zero attached hydrogens (tertiary/aromatic N) is 1. The first kappa shape index (κ1) is 9.90. The predicted octanol–water partition coefficient (Wildman–Crippen LogP) is 2.14. The highest BCUT2D eigenvalue weighted by Gasteiger charge is 2.05. The number of hydrogen-bond acceptors (Lipinski definition) is 2. The molecule has 1 heterocycles. The molecule has 0 spiro atoms. The minimum absolute atomic E-state index is 0.202. The van der Waals surface area contributed by atoms with Gasteiger partial charge in [-0.2, -0.15) is 0 Å². The van der Waals surface area contributed by atoms with E-state index in [2.05, 4.69) is 4.98 Å². The van der Waals surface area contributed by atoms with Crippen molar-refractivity contribution in [3.05, 3.63) is 28.6 Å². The molecule has 0 saturated carbocycles. The van der Waals surface area contributed by atoms with Crippen molar-refractivity contribution in [2.75, 3.05) is 0 Å². The Morgan fingerprint density at radius 2 is 2.00 bits per heavy atom. The van der Waals surface area contributed by atoms with Gasteiger partial charge in [0.2, 0.25) is 0 Å². The summed E-state index contributed by atoms with van der Waals surface area (Å²) in [6.07, 6.45) is 0.524. The third kappa shape index (κ3) is 2.38. The molecule has 13 heavy (non-hydrogen) atoms. The zero-order chi connectivity index (χ0) is 10.0. The molecule has 0 bridgehead atoms. The standard InChI is InChI=1S/C11H15NO/c1-7-5-11(6-8(2)13)9(3)10(4)12-7/h5H,6H2,1-4H3. The Balaban J connectivity index is 3.12. The fraction of sp³-hybridized carbons (Fsp3) is 0.455. The Bertz CT molecular complexity index is 342. The fourth-order valence-corrected chi connectivity index (χ4v) is 1.43. The van der Waals surface area contributed by atoms with Crippen molar-refractivity contribution in [3.63, 3.8) is 0 Å². The molecule has 0 atom stereocenters. The first-order valence-electron chi connectivity index (χ1n) is 4.44. The van der Waals surface area contributed by atoms with Gasteiger partial charge in [0.15, 0.2) is 0 Å². The lowest BCUT2D eigenvalue weighted by molar-refractivity contribution is -0.116. The average Bonchev–Trinajstić information content (AvgIpc) is 1.98. The number of pyridine rings is 1. The van der Waals surface area contributed by atoms with Gasteiger partial charge in [-0.3, -0.25) is 9.78 Å². The molecule has 0 unspecified atom stereocenters. The van der Waals surface area contributed by atoms with E-state index >= 15 is 0 Å². The lowest BCUT2D eigenvalue weighted by Gasteiger charge is -2.07. The maximum atomic E-state index is 11.0. The predicted molar refractivity (Wildman–Crippen MR) is 52.8 cm³/mol. The van der Waals surface area contributed by atoms with Crippen LogP contribution in [0.2, 0.25) is 0 Å². The molecule has 1 aromatic heterocycles. The van der Waals surface area contributed by atoms with Gasteiger partial charge in [-0.05, 0) is 44.9 Å². The van der Waals surface area contributed by atoms with Crippen LogP contribution in [0.15, 0.2) is 6.07 Å². The highest BCUT2D eigenvalue weighted by Crippen LogP contribution is 2.13. The molecule has 0 aliphatic rings. The fourth-order valence-electron chi connectivity index (χ4n) is 1.43. The van der Waals surface area contributed by atoms with Crippen LogP contribution in [0.1, 0.15) is 29.4 Å². The number of aromatic nitrogens is 1. The molecular weight excluding hydrogens is 162 g/mol. The topological polar surface area (TPSA) is 30.0 Å². The number of Topliss-reactive ketones (excluding diaryl/α,β-unsaturated/α-hetero) is 1. The highest BCUT2D eigenvalue weighted by molar-refractivity contribution is 5.78. The molecule has 0 amide bonds. The number of aryl methyl sites for hydroxylation is 2. The molecule has 70 valence electrons. The van der Waals surface area contributed by atoms with Crippen molar-refractivity contribution < 1.29 is 4.79 Å². The van der Waals surface area contributed by atoms with Crippen molar-refractivity contribution in [1.82, 2.24) is 4.98 Å². The number of hydrogen-bond donors (Lipinski definition) is 0. The van der Waals surface area contributed by atoms with Gasteiger partial charge < -0.3 is 0 Å². The lowest BCUT2D eigenvalue weighted by atomic mass is 10.0. The molecule has 0 fully saturated rings. The number of ketones is 1. The molecule has 2 heteroatoms. The van der Waals surface area contributed by atoms with Gasteiger partial charge in [0.1, 0.15) is 5.78 Å². The lowest BCUT2D eigenvalue weighted by Crippen LogP contribution is -2.02. The molecule has 0 radical (unpaired) electrons. The van der Waals surface area contributed by atoms with Crippen LogP contribution in [-0.2, 0) is 11.2 Å². The van der Waals surface area contributed by atoms with Gasteiger partial charge in [-0.1, -0.05) is 0 Å². The normalized spacial score (nSPS) is 10.2. The summed E-state index contributed by atoms with van der Waals surface area (Å²) in [7, 11) is 0. The second-order valence-electron chi connectivity index (χ2n) is 3.51. The zero-order valence-electron chi connectivity index (χ0n) is 8.64. The number of carbonyl (C=O) groups excluding carboxylic acids is 1. The van der Waals surface area contributed by atoms with E-state index in [0.29, 0.717) is 6.42 Å². The van der Waals surface area contributed by atoms with Gasteiger partial charge in [-0.15, -0.1) is 0 Å². The molecular formula is C11H15NO. The summed E-state index contributed by atoms with van der Waals surface area (Å²) in [6.45, 7) is 7.56. The molecule has 1 aromatic rings. The SMILES string of the molecule is CC(=O)Cc1cc(C)nc(C)c1C. The number of rotatable bonds is 2. The van der Waals surface area contributed by atoms with Crippen molar-refractivity contribution in [2.24, 2.45) is 0 Å². The Morgan fingerprint density at radius 3 is 2.54 bits per heavy atom. The smallest absolute Gasteiger partial charge is 0.134 e. The third-order valence-corrected chi connectivity index (χ3v) is 2.19. The van der Waals surface area contributed by atoms with Gasteiger partial charge >= 0.3 is 0 Å². The largest absolute Gasteiger partial charge is 0.300 e. The Hall–Kier alpha value is -1.18. The molecule has 0 N–H and O–H groups in total. The van der Waals surface area contributed by atoms with Gasteiger partial charge in [-0.25, -0.2) is 0 Å². The van der Waals surface area contributed by atoms with E-state index < -0.39 is 0 Å². The van der Waals surface area contributed by atoms with E-state index in [-0.39, 0.29) is 5.78 Å². The van der Waals surface area contributed by atoms with E-state index in [1.807, 2.05) is 26.8 Å². The van der Waals surface area contributed by atoms with Crippen molar-refractivity contribution in [1.29, 1.82) is 0 Å². The van der Waals surface area contributed by atoms with Crippen LogP contribution >= 0.6 is 0 Å². The molecule has 1 rings (SSSR count). The van der Waals surface area contributed by atoms with Crippen LogP contribution in [0, 0.1) is 20.8 Å². The Morgan fingerprint density at radius 1 is 1.38 bits per heavy atom. The van der Waals surface area contributed by atoms with Gasteiger partial charge in [0.05, 0.1) is 0 Å². The minimum atomic E-state index is 0.202. The summed E-state index contributed by atoms with van der Waals surface area (Å²) in [5, 5.41) is 0. The summed E-state index contributed by atoms with van der Waals surface area (Å²) >= 11 is 0. The monoisotopic (exact) mass is 177 g/mol. The third-order valence-electron chi connectivity index (χ3n) is 2.19. The average molecular weight is 177 g/mol. The summed E-state index contributed by atoms with van der Waals surface area (Å²) in [5.41, 5.74) is 4.26. The van der Waals surface area contributed by atoms with Gasteiger partial charge in [0, 0.05) is 17.8 Å². The van der Waals surface area contributed by atoms with Gasteiger partial charge in [0.25, 0.3) is 0 Å². The summed E-state index contributed by atoms with van der Waals surface area (Å²) in [6, 6.07) is 1.99. The van der Waals surface area contributed by atoms with Crippen LogP contribution in [0.5, 0.6) is 0 Å². The van der Waals surface area contributed by atoms with E-state index in [1.165, 1.54) is 0 Å². The van der Waals surface area contributed by atoms with E-state index in [0.717, 1.165) is 22.5 Å². The van der Waals surface area contributed by atoms with E-state index in [4.69, 9.17) is 0 Å². The molecule has 0 aliphatic heterocycles. The summed E-state index contributed by atoms with van der Waals surface area (Å²) in [5.74, 6) is 0.202. The second-order valence-corrected chi connectivity index (χ2v) is 3.51. The Labute approximate surface area is 79.0 Å². The van der Waals surface area contributed by atoms with Crippen LogP contribution < -0.4 is 0 Å². The van der Waals surface area contributed by atoms with Crippen LogP contribution in [0.25, 0.3) is 0 Å². The maximum absolute atomic E-state index is 11.0. The van der Waals surface area contributed by atoms with Crippen molar-refractivity contribution in [3.8, 4) is 0 Å². The van der Waals surface area contributed by atoms with E-state index in [1.54, 1.807) is 6.92 Å². The zero-order valence-corrected chi connectivity index (χ0v) is 8.64. The summed E-state index contributed by atoms with van der Waals surface area (Å²) < 4.78 is 0. The first-order valence-corrected chi connectivity index (χ1v) is 4.44. The van der Waals surface area contributed by atoms with E-state index in [9.17, 15) is 4.79 Å². The molecule has 0 aromatic carbocycles. The second kappa shape index (κ2) is 3.69. The minimum Gasteiger partial charge on any atom is -0.300 e. The highest BCUT2D eigenvalue weighted by atomic mass is 16.1. The molecule has 0 saturated heterocycles. The van der Waals surface area contributed by atoms with Crippen molar-refractivity contribution in [2.45, 2.75) is 34.1 Å². The van der Waals surface area contributed by atoms with Crippen molar-refractivity contribution >= 4 is 5.78 Å². The first-order chi connectivity index (χ1) is 6.00. The Kier molecular flexibility index (Phi) is 2.81. The van der Waals surface area contributed by atoms with Crippen LogP contribution in [0.3, 0.4) is 0 Å². The molecule has 0 aliphatic carbocycles. The maximum Gasteiger partial charge on any atom is 0.134 e. The number of carbonyl (C=O) groups is 1. The van der Waals surface area contributed by atoms with Crippen LogP contribution in [0.4, 0.5) is 0 Å². The summed E-state index contributed by atoms with van der Waals surface area (Å²) in [4.78, 5) is 15.3. The quantitative estimate of drug-likeness (QED) is 0.692. The van der Waals surface area contributed by atoms with Crippen LogP contribution in [-0.4, -0.2) is 10.8 Å². The molecule has 2 nitrogen and oxygen atoms in total.